The van der Waals surface area contributed by atoms with Crippen LogP contribution in [0.15, 0.2) is 72.2 Å². The molecule has 0 atom stereocenters. The Balaban J connectivity index is 1.97. The lowest BCUT2D eigenvalue weighted by molar-refractivity contribution is 0.0992. The number of hydrogen-bond donors (Lipinski definition) is 0. The van der Waals surface area contributed by atoms with Gasteiger partial charge in [-0.1, -0.05) is 53.8 Å². The highest BCUT2D eigenvalue weighted by Gasteiger charge is 2.18. The van der Waals surface area contributed by atoms with Gasteiger partial charge in [-0.05, 0) is 23.6 Å². The van der Waals surface area contributed by atoms with E-state index in [0.29, 0.717) is 28.4 Å². The number of carbonyl (C=O) groups excluding carboxylic acids is 1. The highest BCUT2D eigenvalue weighted by atomic mass is 32.1. The molecule has 0 saturated heterocycles. The molecule has 146 valence electrons. The number of amides is 1. The van der Waals surface area contributed by atoms with Gasteiger partial charge >= 0.3 is 0 Å². The Hall–Kier alpha value is -3.38. The predicted molar refractivity (Wildman–Crippen MR) is 117 cm³/mol. The molecule has 0 unspecified atom stereocenters. The van der Waals surface area contributed by atoms with Crippen LogP contribution in [0.2, 0.25) is 0 Å². The van der Waals surface area contributed by atoms with E-state index in [4.69, 9.17) is 9.47 Å². The summed E-state index contributed by atoms with van der Waals surface area (Å²) in [6.07, 6.45) is 1.80. The molecule has 0 radical (unpaired) electrons. The van der Waals surface area contributed by atoms with Crippen molar-refractivity contribution in [1.29, 1.82) is 0 Å². The standard InChI is InChI=1S/C23H20N2O3S/c1-4-14-25-17-13-12-15-8-5-6-9-16(15)21(17)29-23(25)24-22(26)20-18(27-2)10-7-11-19(20)28-3/h4-13H,1,14H2,2-3H3. The molecular formula is C23H20N2O3S. The minimum atomic E-state index is -0.409. The number of aromatic nitrogens is 1. The van der Waals surface area contributed by atoms with E-state index in [1.807, 2.05) is 16.7 Å². The number of fused-ring (bicyclic) bond motifs is 3. The second-order valence-corrected chi connectivity index (χ2v) is 7.35. The van der Waals surface area contributed by atoms with Crippen LogP contribution in [0, 0.1) is 0 Å². The summed E-state index contributed by atoms with van der Waals surface area (Å²) in [5.74, 6) is 0.452. The first kappa shape index (κ1) is 19.0. The third-order valence-electron chi connectivity index (χ3n) is 4.72. The fraction of sp³-hybridized carbons (Fsp3) is 0.130. The summed E-state index contributed by atoms with van der Waals surface area (Å²) in [5, 5.41) is 2.29. The number of allylic oxidation sites excluding steroid dienone is 1. The van der Waals surface area contributed by atoms with Gasteiger partial charge in [-0.3, -0.25) is 4.79 Å². The van der Waals surface area contributed by atoms with Crippen molar-refractivity contribution in [3.63, 3.8) is 0 Å². The fourth-order valence-electron chi connectivity index (χ4n) is 3.39. The molecule has 0 aliphatic carbocycles. The minimum absolute atomic E-state index is 0.310. The Morgan fingerprint density at radius 2 is 1.79 bits per heavy atom. The molecule has 3 aromatic carbocycles. The molecule has 1 heterocycles. The zero-order valence-electron chi connectivity index (χ0n) is 16.2. The zero-order chi connectivity index (χ0) is 20.4. The van der Waals surface area contributed by atoms with E-state index in [0.717, 1.165) is 21.0 Å². The van der Waals surface area contributed by atoms with Gasteiger partial charge in [0.2, 0.25) is 0 Å². The van der Waals surface area contributed by atoms with Crippen molar-refractivity contribution < 1.29 is 14.3 Å². The maximum absolute atomic E-state index is 13.1. The molecule has 6 heteroatoms. The van der Waals surface area contributed by atoms with Crippen molar-refractivity contribution in [3.05, 3.63) is 77.6 Å². The van der Waals surface area contributed by atoms with Crippen LogP contribution in [-0.2, 0) is 6.54 Å². The third kappa shape index (κ3) is 3.32. The molecule has 0 aliphatic rings. The van der Waals surface area contributed by atoms with Crippen molar-refractivity contribution in [2.24, 2.45) is 4.99 Å². The van der Waals surface area contributed by atoms with Gasteiger partial charge in [0, 0.05) is 11.9 Å². The quantitative estimate of drug-likeness (QED) is 0.449. The number of thiazole rings is 1. The van der Waals surface area contributed by atoms with Crippen LogP contribution < -0.4 is 14.3 Å². The van der Waals surface area contributed by atoms with Crippen molar-refractivity contribution in [2.75, 3.05) is 14.2 Å². The van der Waals surface area contributed by atoms with E-state index in [1.54, 1.807) is 24.3 Å². The summed E-state index contributed by atoms with van der Waals surface area (Å²) in [5.41, 5.74) is 1.33. The average Bonchev–Trinajstić information content (AvgIpc) is 3.10. The van der Waals surface area contributed by atoms with Crippen LogP contribution in [0.1, 0.15) is 10.4 Å². The lowest BCUT2D eigenvalue weighted by Crippen LogP contribution is -2.16. The summed E-state index contributed by atoms with van der Waals surface area (Å²) in [6, 6.07) is 17.6. The van der Waals surface area contributed by atoms with Gasteiger partial charge in [-0.2, -0.15) is 4.99 Å². The number of nitrogens with zero attached hydrogens (tertiary/aromatic N) is 2. The largest absolute Gasteiger partial charge is 0.496 e. The molecule has 0 saturated carbocycles. The highest BCUT2D eigenvalue weighted by molar-refractivity contribution is 7.17. The smallest absolute Gasteiger partial charge is 0.287 e. The van der Waals surface area contributed by atoms with Gasteiger partial charge < -0.3 is 14.0 Å². The Bertz CT molecular complexity index is 1280. The van der Waals surface area contributed by atoms with Gasteiger partial charge in [-0.25, -0.2) is 0 Å². The first-order valence-corrected chi connectivity index (χ1v) is 9.91. The summed E-state index contributed by atoms with van der Waals surface area (Å²) in [7, 11) is 3.05. The number of rotatable bonds is 5. The van der Waals surface area contributed by atoms with E-state index >= 15 is 0 Å². The maximum atomic E-state index is 13.1. The van der Waals surface area contributed by atoms with Crippen molar-refractivity contribution in [3.8, 4) is 11.5 Å². The van der Waals surface area contributed by atoms with Crippen LogP contribution in [-0.4, -0.2) is 24.7 Å². The SMILES string of the molecule is C=CCn1c(=NC(=O)c2c(OC)cccc2OC)sc2c3ccccc3ccc21. The maximum Gasteiger partial charge on any atom is 0.287 e. The Labute approximate surface area is 172 Å². The summed E-state index contributed by atoms with van der Waals surface area (Å²) >= 11 is 1.49. The normalized spacial score (nSPS) is 11.7. The first-order chi connectivity index (χ1) is 14.2. The summed E-state index contributed by atoms with van der Waals surface area (Å²) < 4.78 is 13.8. The molecular weight excluding hydrogens is 384 g/mol. The van der Waals surface area contributed by atoms with Gasteiger partial charge in [-0.15, -0.1) is 6.58 Å². The second kappa shape index (κ2) is 7.93. The Morgan fingerprint density at radius 1 is 1.07 bits per heavy atom. The number of hydrogen-bond acceptors (Lipinski definition) is 4. The third-order valence-corrected chi connectivity index (χ3v) is 5.85. The minimum Gasteiger partial charge on any atom is -0.496 e. The molecule has 0 fully saturated rings. The number of benzene rings is 3. The van der Waals surface area contributed by atoms with Crippen molar-refractivity contribution in [1.82, 2.24) is 4.57 Å². The van der Waals surface area contributed by atoms with Crippen LogP contribution in [0.3, 0.4) is 0 Å². The number of carbonyl (C=O) groups is 1. The van der Waals surface area contributed by atoms with E-state index < -0.39 is 5.91 Å². The van der Waals surface area contributed by atoms with Gasteiger partial charge in [0.25, 0.3) is 5.91 Å². The van der Waals surface area contributed by atoms with Crippen LogP contribution in [0.25, 0.3) is 21.0 Å². The Kier molecular flexibility index (Phi) is 5.18. The molecule has 1 aromatic heterocycles. The predicted octanol–water partition coefficient (Wildman–Crippen LogP) is 4.80. The molecule has 5 nitrogen and oxygen atoms in total. The molecule has 0 aliphatic heterocycles. The fourth-order valence-corrected chi connectivity index (χ4v) is 4.57. The number of ether oxygens (including phenoxy) is 2. The van der Waals surface area contributed by atoms with E-state index in [2.05, 4.69) is 35.8 Å². The topological polar surface area (TPSA) is 52.8 Å². The van der Waals surface area contributed by atoms with Crippen LogP contribution in [0.5, 0.6) is 11.5 Å². The van der Waals surface area contributed by atoms with Gasteiger partial charge in [0.05, 0.1) is 24.4 Å². The lowest BCUT2D eigenvalue weighted by Gasteiger charge is -2.09. The Morgan fingerprint density at radius 3 is 2.48 bits per heavy atom. The molecule has 4 rings (SSSR count). The monoisotopic (exact) mass is 404 g/mol. The molecule has 1 amide bonds. The highest BCUT2D eigenvalue weighted by Crippen LogP contribution is 2.30. The van der Waals surface area contributed by atoms with E-state index in [9.17, 15) is 4.79 Å². The van der Waals surface area contributed by atoms with Crippen molar-refractivity contribution >= 4 is 38.2 Å². The lowest BCUT2D eigenvalue weighted by atomic mass is 10.1. The second-order valence-electron chi connectivity index (χ2n) is 6.37. The summed E-state index contributed by atoms with van der Waals surface area (Å²) in [4.78, 5) is 18.2. The average molecular weight is 404 g/mol. The van der Waals surface area contributed by atoms with E-state index in [-0.39, 0.29) is 0 Å². The van der Waals surface area contributed by atoms with Crippen molar-refractivity contribution in [2.45, 2.75) is 6.54 Å². The molecule has 4 aromatic rings. The molecule has 0 N–H and O–H groups in total. The molecule has 29 heavy (non-hydrogen) atoms. The van der Waals surface area contributed by atoms with E-state index in [1.165, 1.54) is 25.6 Å². The van der Waals surface area contributed by atoms with Gasteiger partial charge in [0.1, 0.15) is 17.1 Å². The van der Waals surface area contributed by atoms with Crippen LogP contribution >= 0.6 is 11.3 Å². The molecule has 0 bridgehead atoms. The van der Waals surface area contributed by atoms with Crippen LogP contribution in [0.4, 0.5) is 0 Å². The summed E-state index contributed by atoms with van der Waals surface area (Å²) in [6.45, 7) is 4.40. The molecule has 0 spiro atoms. The number of methoxy groups -OCH3 is 2. The first-order valence-electron chi connectivity index (χ1n) is 9.10. The van der Waals surface area contributed by atoms with Gasteiger partial charge in [0.15, 0.2) is 4.80 Å². The zero-order valence-corrected chi connectivity index (χ0v) is 17.0.